The number of esters is 1. The van der Waals surface area contributed by atoms with Gasteiger partial charge in [-0.15, -0.1) is 11.3 Å². The van der Waals surface area contributed by atoms with E-state index in [0.717, 1.165) is 11.4 Å². The molecule has 0 radical (unpaired) electrons. The summed E-state index contributed by atoms with van der Waals surface area (Å²) < 4.78 is 12.9. The Labute approximate surface area is 201 Å². The van der Waals surface area contributed by atoms with Crippen LogP contribution >= 0.6 is 11.3 Å². The average Bonchev–Trinajstić information content (AvgIpc) is 3.49. The molecule has 0 aliphatic heterocycles. The Hall–Kier alpha value is -3.66. The molecule has 0 unspecified atom stereocenters. The number of furan rings is 1. The van der Waals surface area contributed by atoms with Gasteiger partial charge in [-0.2, -0.15) is 0 Å². The molecule has 2 amide bonds. The van der Waals surface area contributed by atoms with Crippen LogP contribution in [0.3, 0.4) is 0 Å². The molecule has 3 heterocycles. The third kappa shape index (κ3) is 5.63. The van der Waals surface area contributed by atoms with Crippen molar-refractivity contribution in [2.75, 3.05) is 11.9 Å². The molecule has 0 aliphatic rings. The van der Waals surface area contributed by atoms with Crippen LogP contribution in [0.2, 0.25) is 0 Å². The van der Waals surface area contributed by atoms with Gasteiger partial charge < -0.3 is 19.0 Å². The van der Waals surface area contributed by atoms with Crippen LogP contribution in [0, 0.1) is 13.8 Å². The summed E-state index contributed by atoms with van der Waals surface area (Å²) in [4.78, 5) is 40.5. The molecule has 0 saturated heterocycles. The number of hydrogen-bond acceptors (Lipinski definition) is 7. The number of carbonyl (C=O) groups excluding carboxylic acids is 3. The first-order chi connectivity index (χ1) is 16.2. The maximum atomic E-state index is 12.5. The summed E-state index contributed by atoms with van der Waals surface area (Å²) in [5.41, 5.74) is 3.40. The molecule has 0 bridgehead atoms. The van der Waals surface area contributed by atoms with E-state index in [9.17, 15) is 14.4 Å². The van der Waals surface area contributed by atoms with E-state index in [-0.39, 0.29) is 18.4 Å². The standard InChI is InChI=1S/C24H28N4O5S/c1-6-28-14(3)18(22(15(28)4)23(31)32-7-2)9-11-21(30)27-24-26-19(13-34-24)20-10-8-17(33-20)12-25-16(5)29/h8-11,13H,6-7,12H2,1-5H3,(H,25,29)(H,26,27,30)/b11-9+. The summed E-state index contributed by atoms with van der Waals surface area (Å²) in [5, 5.41) is 7.59. The molecule has 0 aliphatic carbocycles. The minimum atomic E-state index is -0.406. The molecule has 0 aromatic carbocycles. The molecule has 3 rings (SSSR count). The van der Waals surface area contributed by atoms with Crippen LogP contribution in [0.25, 0.3) is 17.5 Å². The zero-order valence-corrected chi connectivity index (χ0v) is 20.7. The van der Waals surface area contributed by atoms with Crippen molar-refractivity contribution in [3.8, 4) is 11.5 Å². The fourth-order valence-corrected chi connectivity index (χ4v) is 4.32. The van der Waals surface area contributed by atoms with Crippen LogP contribution in [-0.2, 0) is 27.4 Å². The van der Waals surface area contributed by atoms with Gasteiger partial charge in [0.15, 0.2) is 10.9 Å². The monoisotopic (exact) mass is 484 g/mol. The van der Waals surface area contributed by atoms with Gasteiger partial charge in [-0.05, 0) is 45.9 Å². The first kappa shape index (κ1) is 25.0. The lowest BCUT2D eigenvalue weighted by Gasteiger charge is -2.05. The molecule has 0 fully saturated rings. The van der Waals surface area contributed by atoms with Crippen molar-refractivity contribution in [2.24, 2.45) is 0 Å². The van der Waals surface area contributed by atoms with Gasteiger partial charge in [0, 0.05) is 41.9 Å². The second-order valence-electron chi connectivity index (χ2n) is 7.46. The number of nitrogens with zero attached hydrogens (tertiary/aromatic N) is 2. The zero-order valence-electron chi connectivity index (χ0n) is 19.9. The number of thiazole rings is 1. The molecule has 2 N–H and O–H groups in total. The van der Waals surface area contributed by atoms with Gasteiger partial charge >= 0.3 is 5.97 Å². The van der Waals surface area contributed by atoms with Gasteiger partial charge in [-0.3, -0.25) is 14.9 Å². The SMILES string of the molecule is CCOC(=O)c1c(/C=C/C(=O)Nc2nc(-c3ccc(CNC(C)=O)o3)cs2)c(C)n(CC)c1C. The van der Waals surface area contributed by atoms with Crippen molar-refractivity contribution < 1.29 is 23.5 Å². The Morgan fingerprint density at radius 1 is 1.21 bits per heavy atom. The Morgan fingerprint density at radius 3 is 2.65 bits per heavy atom. The lowest BCUT2D eigenvalue weighted by Crippen LogP contribution is -2.18. The van der Waals surface area contributed by atoms with Crippen molar-refractivity contribution in [1.82, 2.24) is 14.9 Å². The molecular formula is C24H28N4O5S. The van der Waals surface area contributed by atoms with Gasteiger partial charge in [0.25, 0.3) is 0 Å². The van der Waals surface area contributed by atoms with Crippen molar-refractivity contribution in [3.05, 3.63) is 51.9 Å². The summed E-state index contributed by atoms with van der Waals surface area (Å²) in [6, 6.07) is 3.53. The number of hydrogen-bond donors (Lipinski definition) is 2. The third-order valence-corrected chi connectivity index (χ3v) is 5.95. The van der Waals surface area contributed by atoms with Crippen LogP contribution in [-0.4, -0.2) is 33.9 Å². The minimum Gasteiger partial charge on any atom is -0.462 e. The largest absolute Gasteiger partial charge is 0.462 e. The fraction of sp³-hybridized carbons (Fsp3) is 0.333. The highest BCUT2D eigenvalue weighted by Gasteiger charge is 2.22. The first-order valence-corrected chi connectivity index (χ1v) is 11.8. The summed E-state index contributed by atoms with van der Waals surface area (Å²) in [6.45, 7) is 10.2. The number of ether oxygens (including phenoxy) is 1. The predicted octanol–water partition coefficient (Wildman–Crippen LogP) is 4.31. The molecule has 0 saturated carbocycles. The molecule has 3 aromatic heterocycles. The smallest absolute Gasteiger partial charge is 0.340 e. The highest BCUT2D eigenvalue weighted by atomic mass is 32.1. The highest BCUT2D eigenvalue weighted by molar-refractivity contribution is 7.14. The van der Waals surface area contributed by atoms with Crippen molar-refractivity contribution >= 4 is 40.3 Å². The molecule has 34 heavy (non-hydrogen) atoms. The molecule has 10 heteroatoms. The predicted molar refractivity (Wildman–Crippen MR) is 131 cm³/mol. The Balaban J connectivity index is 1.72. The van der Waals surface area contributed by atoms with E-state index in [1.807, 2.05) is 25.3 Å². The van der Waals surface area contributed by atoms with Crippen LogP contribution in [0.15, 0.2) is 28.0 Å². The van der Waals surface area contributed by atoms with E-state index in [4.69, 9.17) is 9.15 Å². The first-order valence-electron chi connectivity index (χ1n) is 10.9. The van der Waals surface area contributed by atoms with Crippen molar-refractivity contribution in [2.45, 2.75) is 47.7 Å². The van der Waals surface area contributed by atoms with Gasteiger partial charge in [-0.25, -0.2) is 9.78 Å². The third-order valence-electron chi connectivity index (χ3n) is 5.19. The average molecular weight is 485 g/mol. The van der Waals surface area contributed by atoms with Crippen LogP contribution in [0.1, 0.15) is 53.8 Å². The van der Waals surface area contributed by atoms with Crippen molar-refractivity contribution in [1.29, 1.82) is 0 Å². The normalized spacial score (nSPS) is 11.1. The Bertz CT molecular complexity index is 1230. The van der Waals surface area contributed by atoms with Crippen molar-refractivity contribution in [3.63, 3.8) is 0 Å². The highest BCUT2D eigenvalue weighted by Crippen LogP contribution is 2.27. The lowest BCUT2D eigenvalue weighted by atomic mass is 10.1. The second kappa shape index (κ2) is 11.0. The number of rotatable bonds is 9. The molecule has 3 aromatic rings. The van der Waals surface area contributed by atoms with Gasteiger partial charge in [0.05, 0.1) is 18.7 Å². The molecule has 180 valence electrons. The van der Waals surface area contributed by atoms with E-state index >= 15 is 0 Å². The number of aromatic nitrogens is 2. The zero-order chi connectivity index (χ0) is 24.8. The Morgan fingerprint density at radius 2 is 1.97 bits per heavy atom. The van der Waals surface area contributed by atoms with Gasteiger partial charge in [0.1, 0.15) is 11.5 Å². The number of amides is 2. The quantitative estimate of drug-likeness (QED) is 0.345. The molecule has 0 atom stereocenters. The molecule has 9 nitrogen and oxygen atoms in total. The van der Waals surface area contributed by atoms with E-state index in [2.05, 4.69) is 15.6 Å². The Kier molecular flexibility index (Phi) is 8.06. The summed E-state index contributed by atoms with van der Waals surface area (Å²) in [7, 11) is 0. The molecule has 0 spiro atoms. The van der Waals surface area contributed by atoms with Gasteiger partial charge in [0.2, 0.25) is 11.8 Å². The minimum absolute atomic E-state index is 0.143. The summed E-state index contributed by atoms with van der Waals surface area (Å²) in [5.74, 6) is 0.224. The number of nitrogens with one attached hydrogen (secondary N) is 2. The van der Waals surface area contributed by atoms with Crippen LogP contribution < -0.4 is 10.6 Å². The summed E-state index contributed by atoms with van der Waals surface area (Å²) in [6.07, 6.45) is 3.01. The van der Waals surface area contributed by atoms with E-state index in [1.54, 1.807) is 30.5 Å². The molecular weight excluding hydrogens is 456 g/mol. The van der Waals surface area contributed by atoms with Gasteiger partial charge in [-0.1, -0.05) is 0 Å². The maximum Gasteiger partial charge on any atom is 0.340 e. The fourth-order valence-electron chi connectivity index (χ4n) is 3.62. The lowest BCUT2D eigenvalue weighted by molar-refractivity contribution is -0.119. The van der Waals surface area contributed by atoms with E-state index < -0.39 is 5.97 Å². The van der Waals surface area contributed by atoms with Crippen LogP contribution in [0.5, 0.6) is 0 Å². The summed E-state index contributed by atoms with van der Waals surface area (Å²) >= 11 is 1.26. The van der Waals surface area contributed by atoms with E-state index in [1.165, 1.54) is 24.3 Å². The second-order valence-corrected chi connectivity index (χ2v) is 8.32. The maximum absolute atomic E-state index is 12.5. The number of carbonyl (C=O) groups is 3. The number of anilines is 1. The van der Waals surface area contributed by atoms with Crippen LogP contribution in [0.4, 0.5) is 5.13 Å². The van der Waals surface area contributed by atoms with E-state index in [0.29, 0.717) is 46.6 Å². The topological polar surface area (TPSA) is 115 Å².